The van der Waals surface area contributed by atoms with Crippen LogP contribution in [0.2, 0.25) is 0 Å². The van der Waals surface area contributed by atoms with Crippen molar-refractivity contribution in [1.82, 2.24) is 35.8 Å². The summed E-state index contributed by atoms with van der Waals surface area (Å²) in [5.41, 5.74) is 12.2. The maximum Gasteiger partial charge on any atom is 0.158 e. The number of aromatic nitrogens is 3. The highest BCUT2D eigenvalue weighted by Crippen LogP contribution is 2.16. The van der Waals surface area contributed by atoms with Crippen molar-refractivity contribution in [2.45, 2.75) is 59.0 Å². The summed E-state index contributed by atoms with van der Waals surface area (Å²) in [7, 11) is 4.97. The van der Waals surface area contributed by atoms with Crippen LogP contribution < -0.4 is 27.5 Å². The summed E-state index contributed by atoms with van der Waals surface area (Å²) in [5, 5.41) is 14.6. The molecule has 17 heteroatoms. The second kappa shape index (κ2) is 27.1. The summed E-state index contributed by atoms with van der Waals surface area (Å²) in [4.78, 5) is 7.38. The first-order valence-electron chi connectivity index (χ1n) is 17.5. The summed E-state index contributed by atoms with van der Waals surface area (Å²) in [6.45, 7) is 11.7. The summed E-state index contributed by atoms with van der Waals surface area (Å²) >= 11 is 0. The van der Waals surface area contributed by atoms with Crippen LogP contribution in [0.4, 0.5) is 5.69 Å². The van der Waals surface area contributed by atoms with Gasteiger partial charge in [-0.25, -0.2) is 15.5 Å². The van der Waals surface area contributed by atoms with Gasteiger partial charge in [0.25, 0.3) is 0 Å². The van der Waals surface area contributed by atoms with Crippen molar-refractivity contribution >= 4 is 16.5 Å². The average Bonchev–Trinajstić information content (AvgIpc) is 3.58. The van der Waals surface area contributed by atoms with E-state index in [1.807, 2.05) is 65.5 Å². The van der Waals surface area contributed by atoms with Crippen molar-refractivity contribution in [1.29, 1.82) is 0 Å². The first-order valence-corrected chi connectivity index (χ1v) is 18.9. The van der Waals surface area contributed by atoms with E-state index in [1.165, 1.54) is 10.6 Å². The topological polar surface area (TPSA) is 180 Å². The maximum absolute atomic E-state index is 11.4. The van der Waals surface area contributed by atoms with E-state index in [9.17, 15) is 4.21 Å². The second-order valence-electron chi connectivity index (χ2n) is 11.6. The molecule has 0 amide bonds. The predicted octanol–water partition coefficient (Wildman–Crippen LogP) is 1.33. The van der Waals surface area contributed by atoms with Crippen LogP contribution in [0.25, 0.3) is 0 Å². The minimum atomic E-state index is -0.647. The fourth-order valence-electron chi connectivity index (χ4n) is 4.65. The van der Waals surface area contributed by atoms with Gasteiger partial charge in [0.05, 0.1) is 63.3 Å². The molecule has 0 spiro atoms. The Kier molecular flexibility index (Phi) is 23.7. The molecule has 1 aromatic carbocycles. The highest BCUT2D eigenvalue weighted by Gasteiger charge is 2.17. The second-order valence-corrected chi connectivity index (χ2v) is 13.3. The predicted molar refractivity (Wildman–Crippen MR) is 197 cm³/mol. The number of nitrogens with one attached hydrogen (secondary N) is 2. The van der Waals surface area contributed by atoms with E-state index in [4.69, 9.17) is 35.4 Å². The van der Waals surface area contributed by atoms with E-state index >= 15 is 0 Å². The molecule has 0 aliphatic carbocycles. The smallest absolute Gasteiger partial charge is 0.158 e. The largest absolute Gasteiger partial charge is 0.399 e. The van der Waals surface area contributed by atoms with E-state index in [2.05, 4.69) is 26.1 Å². The van der Waals surface area contributed by atoms with Crippen molar-refractivity contribution in [2.75, 3.05) is 97.0 Å². The fourth-order valence-corrected chi connectivity index (χ4v) is 5.78. The third kappa shape index (κ3) is 19.7. The van der Waals surface area contributed by atoms with Crippen molar-refractivity contribution in [3.63, 3.8) is 0 Å². The van der Waals surface area contributed by atoms with Crippen LogP contribution in [0, 0.1) is 0 Å². The molecule has 16 nitrogen and oxygen atoms in total. The zero-order valence-corrected chi connectivity index (χ0v) is 31.6. The van der Waals surface area contributed by atoms with Gasteiger partial charge in [0.15, 0.2) is 6.29 Å². The van der Waals surface area contributed by atoms with E-state index < -0.39 is 10.8 Å². The number of hydrazine groups is 2. The summed E-state index contributed by atoms with van der Waals surface area (Å²) in [5.74, 6) is 7.51. The van der Waals surface area contributed by atoms with Gasteiger partial charge < -0.3 is 30.0 Å². The Morgan fingerprint density at radius 1 is 1.08 bits per heavy atom. The maximum atomic E-state index is 11.4. The number of rotatable bonds is 20. The van der Waals surface area contributed by atoms with Crippen LogP contribution >= 0.6 is 0 Å². The van der Waals surface area contributed by atoms with Gasteiger partial charge in [-0.15, -0.1) is 10.7 Å². The van der Waals surface area contributed by atoms with Crippen LogP contribution in [0.1, 0.15) is 44.4 Å². The SMILES string of the molecule is CC.CN(C)NOCCOCCOCCn1cc(CN2CCS(=O)CC2)nn1.CNCc1ccc(N(N)/C=C(\N)COC2CCCCO2)cc1. The Morgan fingerprint density at radius 3 is 2.44 bits per heavy atom. The number of nitrogens with zero attached hydrogens (tertiary/aromatic N) is 6. The van der Waals surface area contributed by atoms with Gasteiger partial charge in [0, 0.05) is 81.6 Å². The van der Waals surface area contributed by atoms with E-state index in [1.54, 1.807) is 15.9 Å². The number of anilines is 1. The van der Waals surface area contributed by atoms with Crippen LogP contribution in [-0.2, 0) is 54.2 Å². The average molecular weight is 727 g/mol. The van der Waals surface area contributed by atoms with Crippen LogP contribution in [-0.4, -0.2) is 127 Å². The van der Waals surface area contributed by atoms with Gasteiger partial charge in [-0.05, 0) is 44.0 Å². The van der Waals surface area contributed by atoms with Gasteiger partial charge in [0.1, 0.15) is 0 Å². The van der Waals surface area contributed by atoms with Crippen molar-refractivity contribution < 1.29 is 28.0 Å². The minimum absolute atomic E-state index is 0.146. The molecule has 0 saturated carbocycles. The van der Waals surface area contributed by atoms with Crippen molar-refractivity contribution in [3.05, 3.63) is 53.6 Å². The molecule has 6 N–H and O–H groups in total. The molecule has 1 aromatic heterocycles. The Hall–Kier alpha value is -2.55. The molecule has 1 atom stereocenters. The van der Waals surface area contributed by atoms with Crippen molar-refractivity contribution in [2.24, 2.45) is 11.6 Å². The molecule has 0 bridgehead atoms. The zero-order chi connectivity index (χ0) is 36.4. The van der Waals surface area contributed by atoms with Gasteiger partial charge in [-0.1, -0.05) is 31.2 Å². The number of hydrogen-bond acceptors (Lipinski definition) is 15. The summed E-state index contributed by atoms with van der Waals surface area (Å²) in [6.07, 6.45) is 6.64. The first kappa shape index (κ1) is 43.6. The number of nitrogens with two attached hydrogens (primary N) is 2. The lowest BCUT2D eigenvalue weighted by Gasteiger charge is -2.24. The molecule has 2 fully saturated rings. The number of ether oxygens (including phenoxy) is 4. The first-order chi connectivity index (χ1) is 24.3. The lowest BCUT2D eigenvalue weighted by atomic mass is 10.2. The van der Waals surface area contributed by atoms with E-state index in [-0.39, 0.29) is 6.29 Å². The molecule has 2 aromatic rings. The standard InChI is InChI=1S/C16H26N4O2.C15H30N6O4S.C2H6/c1-19-10-13-5-7-15(8-6-13)20(18)11-14(17)12-22-16-4-2-3-9-21-16;1-19(2)18-25-10-9-24-8-7-23-6-3-21-14-15(16-17-21)13-20-4-11-26(22)12-5-20;1-2/h5-8,11,16,19H,2-4,9-10,12,17-18H2,1H3;14,18H,3-13H2,1-2H3;1-2H3/b14-11-;;. The van der Waals surface area contributed by atoms with Crippen molar-refractivity contribution in [3.8, 4) is 0 Å². The van der Waals surface area contributed by atoms with E-state index in [0.717, 1.165) is 74.9 Å². The Labute approximate surface area is 301 Å². The third-order valence-corrected chi connectivity index (χ3v) is 8.43. The Bertz CT molecular complexity index is 1170. The monoisotopic (exact) mass is 726 g/mol. The quantitative estimate of drug-likeness (QED) is 0.0872. The Morgan fingerprint density at radius 2 is 1.78 bits per heavy atom. The molecule has 4 rings (SSSR count). The Balaban J connectivity index is 0.000000334. The van der Waals surface area contributed by atoms with Crippen LogP contribution in [0.15, 0.2) is 42.4 Å². The van der Waals surface area contributed by atoms with Gasteiger partial charge in [-0.3, -0.25) is 19.0 Å². The normalized spacial score (nSPS) is 17.2. The van der Waals surface area contributed by atoms with Crippen LogP contribution in [0.5, 0.6) is 0 Å². The molecule has 50 heavy (non-hydrogen) atoms. The molecule has 3 heterocycles. The van der Waals surface area contributed by atoms with Gasteiger partial charge >= 0.3 is 0 Å². The fraction of sp³-hybridized carbons (Fsp3) is 0.697. The molecule has 2 aliphatic rings. The van der Waals surface area contributed by atoms with Crippen LogP contribution in [0.3, 0.4) is 0 Å². The molecule has 0 radical (unpaired) electrons. The third-order valence-electron chi connectivity index (χ3n) is 7.15. The highest BCUT2D eigenvalue weighted by atomic mass is 32.2. The highest BCUT2D eigenvalue weighted by molar-refractivity contribution is 7.85. The molecule has 2 saturated heterocycles. The molecular formula is C33H62N10O6S. The lowest BCUT2D eigenvalue weighted by Crippen LogP contribution is -2.37. The molecule has 1 unspecified atom stereocenters. The minimum Gasteiger partial charge on any atom is -0.399 e. The zero-order valence-electron chi connectivity index (χ0n) is 30.8. The molecule has 2 aliphatic heterocycles. The summed E-state index contributed by atoms with van der Waals surface area (Å²) in [6, 6.07) is 7.98. The molecular weight excluding hydrogens is 664 g/mol. The molecule has 286 valence electrons. The number of hydrogen-bond donors (Lipinski definition) is 4. The van der Waals surface area contributed by atoms with Gasteiger partial charge in [-0.2, -0.15) is 0 Å². The van der Waals surface area contributed by atoms with Gasteiger partial charge in [0.2, 0.25) is 0 Å². The van der Waals surface area contributed by atoms with E-state index in [0.29, 0.717) is 51.9 Å². The summed E-state index contributed by atoms with van der Waals surface area (Å²) < 4.78 is 35.2. The lowest BCUT2D eigenvalue weighted by molar-refractivity contribution is -0.157. The number of benzene rings is 1.